The van der Waals surface area contributed by atoms with Crippen LogP contribution >= 0.6 is 0 Å². The van der Waals surface area contributed by atoms with Crippen molar-refractivity contribution in [3.8, 4) is 11.5 Å². The van der Waals surface area contributed by atoms with Crippen molar-refractivity contribution in [2.24, 2.45) is 0 Å². The zero-order chi connectivity index (χ0) is 25.2. The molecule has 0 saturated carbocycles. The van der Waals surface area contributed by atoms with Gasteiger partial charge in [0.15, 0.2) is 0 Å². The molecule has 0 saturated heterocycles. The van der Waals surface area contributed by atoms with Crippen molar-refractivity contribution >= 4 is 0 Å². The SMILES string of the molecule is CCCCCCCCCCC(CCCCCCCCCC)(c1ccc(O)cc1)c1ccc(O)cc1. The van der Waals surface area contributed by atoms with E-state index in [1.165, 1.54) is 114 Å². The predicted octanol–water partition coefficient (Wildman–Crippen LogP) is 10.4. The third kappa shape index (κ3) is 10.7. The number of hydrogen-bond donors (Lipinski definition) is 2. The first-order valence-corrected chi connectivity index (χ1v) is 14.7. The summed E-state index contributed by atoms with van der Waals surface area (Å²) in [6.07, 6.45) is 23.4. The molecule has 2 nitrogen and oxygen atoms in total. The van der Waals surface area contributed by atoms with Gasteiger partial charge in [-0.2, -0.15) is 0 Å². The van der Waals surface area contributed by atoms with Gasteiger partial charge < -0.3 is 10.2 Å². The maximum Gasteiger partial charge on any atom is 0.115 e. The highest BCUT2D eigenvalue weighted by molar-refractivity contribution is 5.43. The molecule has 0 aliphatic carbocycles. The van der Waals surface area contributed by atoms with E-state index in [1.54, 1.807) is 0 Å². The molecule has 0 bridgehead atoms. The Morgan fingerprint density at radius 1 is 0.429 bits per heavy atom. The molecule has 0 aliphatic rings. The molecular formula is C33H52O2. The van der Waals surface area contributed by atoms with Gasteiger partial charge in [0.05, 0.1) is 0 Å². The topological polar surface area (TPSA) is 40.5 Å². The van der Waals surface area contributed by atoms with Crippen LogP contribution in [0.5, 0.6) is 11.5 Å². The van der Waals surface area contributed by atoms with E-state index in [2.05, 4.69) is 38.1 Å². The lowest BCUT2D eigenvalue weighted by Crippen LogP contribution is -2.28. The van der Waals surface area contributed by atoms with Gasteiger partial charge in [-0.05, 0) is 48.2 Å². The second-order valence-electron chi connectivity index (χ2n) is 10.6. The van der Waals surface area contributed by atoms with Gasteiger partial charge in [-0.3, -0.25) is 0 Å². The fourth-order valence-electron chi connectivity index (χ4n) is 5.55. The van der Waals surface area contributed by atoms with Crippen LogP contribution in [0.25, 0.3) is 0 Å². The summed E-state index contributed by atoms with van der Waals surface area (Å²) in [6.45, 7) is 4.55. The van der Waals surface area contributed by atoms with Gasteiger partial charge in [-0.1, -0.05) is 141 Å². The van der Waals surface area contributed by atoms with Crippen LogP contribution in [0, 0.1) is 0 Å². The second kappa shape index (κ2) is 17.5. The Balaban J connectivity index is 2.09. The van der Waals surface area contributed by atoms with Crippen LogP contribution < -0.4 is 0 Å². The summed E-state index contributed by atoms with van der Waals surface area (Å²) in [5, 5.41) is 19.9. The number of unbranched alkanes of at least 4 members (excludes halogenated alkanes) is 14. The standard InChI is InChI=1S/C33H52O2/c1-3-5-7-9-11-13-15-17-27-33(29-19-23-31(34)24-20-29,30-21-25-32(35)26-22-30)28-18-16-14-12-10-8-6-4-2/h19-26,34-35H,3-18,27-28H2,1-2H3. The molecule has 2 heteroatoms. The molecule has 0 heterocycles. The molecule has 35 heavy (non-hydrogen) atoms. The van der Waals surface area contributed by atoms with Gasteiger partial charge >= 0.3 is 0 Å². The molecule has 0 spiro atoms. The molecule has 196 valence electrons. The van der Waals surface area contributed by atoms with Crippen LogP contribution in [-0.2, 0) is 5.41 Å². The molecule has 2 rings (SSSR count). The Kier molecular flexibility index (Phi) is 14.6. The third-order valence-electron chi connectivity index (χ3n) is 7.75. The fraction of sp³-hybridized carbons (Fsp3) is 0.636. The van der Waals surface area contributed by atoms with Crippen molar-refractivity contribution in [2.75, 3.05) is 0 Å². The van der Waals surface area contributed by atoms with Crippen LogP contribution in [0.2, 0.25) is 0 Å². The second-order valence-corrected chi connectivity index (χ2v) is 10.6. The van der Waals surface area contributed by atoms with Gasteiger partial charge in [-0.15, -0.1) is 0 Å². The van der Waals surface area contributed by atoms with Gasteiger partial charge in [0.1, 0.15) is 11.5 Å². The van der Waals surface area contributed by atoms with E-state index in [1.807, 2.05) is 24.3 Å². The molecular weight excluding hydrogens is 428 g/mol. The molecule has 2 aromatic carbocycles. The first kappa shape index (κ1) is 29.3. The zero-order valence-electron chi connectivity index (χ0n) is 22.7. The summed E-state index contributed by atoms with van der Waals surface area (Å²) >= 11 is 0. The van der Waals surface area contributed by atoms with Crippen molar-refractivity contribution in [1.82, 2.24) is 0 Å². The van der Waals surface area contributed by atoms with Gasteiger partial charge in [-0.25, -0.2) is 0 Å². The van der Waals surface area contributed by atoms with E-state index in [9.17, 15) is 10.2 Å². The van der Waals surface area contributed by atoms with Crippen molar-refractivity contribution in [3.05, 3.63) is 59.7 Å². The molecule has 2 aromatic rings. The number of phenolic OH excluding ortho intramolecular Hbond substituents is 2. The lowest BCUT2D eigenvalue weighted by molar-refractivity contribution is 0.388. The number of rotatable bonds is 20. The molecule has 0 fully saturated rings. The molecule has 2 N–H and O–H groups in total. The highest BCUT2D eigenvalue weighted by Gasteiger charge is 2.33. The predicted molar refractivity (Wildman–Crippen MR) is 151 cm³/mol. The Morgan fingerprint density at radius 3 is 1.03 bits per heavy atom. The van der Waals surface area contributed by atoms with Gasteiger partial charge in [0.2, 0.25) is 0 Å². The first-order chi connectivity index (χ1) is 17.1. The van der Waals surface area contributed by atoms with Crippen LogP contribution in [0.15, 0.2) is 48.5 Å². The number of benzene rings is 2. The average molecular weight is 481 g/mol. The van der Waals surface area contributed by atoms with E-state index in [-0.39, 0.29) is 5.41 Å². The first-order valence-electron chi connectivity index (χ1n) is 14.7. The zero-order valence-corrected chi connectivity index (χ0v) is 22.7. The van der Waals surface area contributed by atoms with E-state index >= 15 is 0 Å². The van der Waals surface area contributed by atoms with Crippen molar-refractivity contribution in [3.63, 3.8) is 0 Å². The summed E-state index contributed by atoms with van der Waals surface area (Å²) in [7, 11) is 0. The summed E-state index contributed by atoms with van der Waals surface area (Å²) in [5.41, 5.74) is 2.53. The van der Waals surface area contributed by atoms with Crippen LogP contribution in [0.3, 0.4) is 0 Å². The van der Waals surface area contributed by atoms with Crippen molar-refractivity contribution in [2.45, 2.75) is 135 Å². The molecule has 0 aromatic heterocycles. The Bertz CT molecular complexity index is 695. The van der Waals surface area contributed by atoms with Crippen molar-refractivity contribution < 1.29 is 10.2 Å². The minimum Gasteiger partial charge on any atom is -0.508 e. The van der Waals surface area contributed by atoms with E-state index in [4.69, 9.17) is 0 Å². The Morgan fingerprint density at radius 2 is 0.714 bits per heavy atom. The Hall–Kier alpha value is -1.96. The summed E-state index contributed by atoms with van der Waals surface area (Å²) in [4.78, 5) is 0. The van der Waals surface area contributed by atoms with Gasteiger partial charge in [0.25, 0.3) is 0 Å². The summed E-state index contributed by atoms with van der Waals surface area (Å²) in [6, 6.07) is 15.8. The van der Waals surface area contributed by atoms with E-state index < -0.39 is 0 Å². The van der Waals surface area contributed by atoms with Gasteiger partial charge in [0, 0.05) is 5.41 Å². The Labute approximate surface area is 216 Å². The smallest absolute Gasteiger partial charge is 0.115 e. The molecule has 0 unspecified atom stereocenters. The summed E-state index contributed by atoms with van der Waals surface area (Å²) < 4.78 is 0. The number of hydrogen-bond acceptors (Lipinski definition) is 2. The summed E-state index contributed by atoms with van der Waals surface area (Å²) in [5.74, 6) is 0.653. The molecule has 0 aliphatic heterocycles. The monoisotopic (exact) mass is 480 g/mol. The maximum atomic E-state index is 9.97. The van der Waals surface area contributed by atoms with Crippen LogP contribution in [0.4, 0.5) is 0 Å². The molecule has 0 radical (unpaired) electrons. The third-order valence-corrected chi connectivity index (χ3v) is 7.75. The average Bonchev–Trinajstić information content (AvgIpc) is 2.87. The number of aromatic hydroxyl groups is 2. The van der Waals surface area contributed by atoms with Crippen LogP contribution in [0.1, 0.15) is 141 Å². The van der Waals surface area contributed by atoms with Crippen LogP contribution in [-0.4, -0.2) is 10.2 Å². The highest BCUT2D eigenvalue weighted by atomic mass is 16.3. The lowest BCUT2D eigenvalue weighted by atomic mass is 9.68. The molecule has 0 atom stereocenters. The minimum atomic E-state index is -0.0637. The maximum absolute atomic E-state index is 9.97. The van der Waals surface area contributed by atoms with E-state index in [0.717, 1.165) is 12.8 Å². The largest absolute Gasteiger partial charge is 0.508 e. The number of phenols is 2. The minimum absolute atomic E-state index is 0.0637. The normalized spacial score (nSPS) is 11.7. The molecule has 0 amide bonds. The lowest BCUT2D eigenvalue weighted by Gasteiger charge is -2.36. The van der Waals surface area contributed by atoms with Crippen molar-refractivity contribution in [1.29, 1.82) is 0 Å². The highest BCUT2D eigenvalue weighted by Crippen LogP contribution is 2.43. The van der Waals surface area contributed by atoms with E-state index in [0.29, 0.717) is 11.5 Å². The fourth-order valence-corrected chi connectivity index (χ4v) is 5.55. The quantitative estimate of drug-likeness (QED) is 0.185.